The zero-order valence-corrected chi connectivity index (χ0v) is 11.5. The van der Waals surface area contributed by atoms with E-state index in [9.17, 15) is 0 Å². The van der Waals surface area contributed by atoms with Crippen LogP contribution in [0, 0.1) is 0 Å². The van der Waals surface area contributed by atoms with E-state index < -0.39 is 0 Å². The average molecular weight is 261 g/mol. The van der Waals surface area contributed by atoms with Gasteiger partial charge in [0.1, 0.15) is 5.82 Å². The molecule has 18 heavy (non-hydrogen) atoms. The van der Waals surface area contributed by atoms with Crippen LogP contribution in [0.3, 0.4) is 0 Å². The van der Waals surface area contributed by atoms with E-state index in [2.05, 4.69) is 39.6 Å². The van der Waals surface area contributed by atoms with Gasteiger partial charge in [-0.1, -0.05) is 0 Å². The topological polar surface area (TPSA) is 28.2 Å². The Kier molecular flexibility index (Phi) is 3.48. The summed E-state index contributed by atoms with van der Waals surface area (Å²) >= 11 is 1.77. The molecule has 1 aliphatic heterocycles. The number of anilines is 1. The number of pyridine rings is 1. The molecule has 0 saturated carbocycles. The van der Waals surface area contributed by atoms with Crippen molar-refractivity contribution in [1.82, 2.24) is 9.88 Å². The third kappa shape index (κ3) is 2.49. The van der Waals surface area contributed by atoms with Gasteiger partial charge >= 0.3 is 0 Å². The lowest BCUT2D eigenvalue weighted by molar-refractivity contribution is 0.327. The van der Waals surface area contributed by atoms with Gasteiger partial charge in [-0.2, -0.15) is 0 Å². The van der Waals surface area contributed by atoms with Crippen molar-refractivity contribution < 1.29 is 0 Å². The minimum absolute atomic E-state index is 0.445. The summed E-state index contributed by atoms with van der Waals surface area (Å²) in [5, 5.41) is 6.93. The molecule has 0 aromatic carbocycles. The molecule has 3 nitrogen and oxygen atoms in total. The lowest BCUT2D eigenvalue weighted by Gasteiger charge is -2.21. The second-order valence-electron chi connectivity index (χ2n) is 5.05. The Labute approximate surface area is 112 Å². The fraction of sp³-hybridized carbons (Fsp3) is 0.500. The Morgan fingerprint density at radius 2 is 2.22 bits per heavy atom. The van der Waals surface area contributed by atoms with Crippen molar-refractivity contribution in [2.24, 2.45) is 0 Å². The average Bonchev–Trinajstić information content (AvgIpc) is 2.99. The normalized spacial score (nSPS) is 18.3. The van der Waals surface area contributed by atoms with Crippen molar-refractivity contribution in [3.8, 4) is 0 Å². The summed E-state index contributed by atoms with van der Waals surface area (Å²) in [4.78, 5) is 7.00. The largest absolute Gasteiger partial charge is 0.366 e. The summed E-state index contributed by atoms with van der Waals surface area (Å²) in [5.74, 6) is 1.03. The number of nitrogens with zero attached hydrogens (tertiary/aromatic N) is 2. The van der Waals surface area contributed by atoms with Gasteiger partial charge in [-0.05, 0) is 50.4 Å². The maximum atomic E-state index is 4.47. The molecule has 0 bridgehead atoms. The van der Waals surface area contributed by atoms with Crippen LogP contribution in [0.2, 0.25) is 0 Å². The Bertz CT molecular complexity index is 516. The summed E-state index contributed by atoms with van der Waals surface area (Å²) in [6.45, 7) is 5.86. The van der Waals surface area contributed by atoms with E-state index in [1.54, 1.807) is 11.3 Å². The molecule has 1 aliphatic rings. The van der Waals surface area contributed by atoms with Crippen molar-refractivity contribution in [2.45, 2.75) is 25.8 Å². The van der Waals surface area contributed by atoms with Gasteiger partial charge in [-0.15, -0.1) is 11.3 Å². The van der Waals surface area contributed by atoms with E-state index in [4.69, 9.17) is 0 Å². The van der Waals surface area contributed by atoms with Gasteiger partial charge in [0.25, 0.3) is 0 Å². The fourth-order valence-electron chi connectivity index (χ4n) is 2.64. The number of nitrogens with one attached hydrogen (secondary N) is 1. The van der Waals surface area contributed by atoms with Crippen LogP contribution in [0.25, 0.3) is 10.1 Å². The molecule has 3 rings (SSSR count). The highest BCUT2D eigenvalue weighted by Gasteiger charge is 2.15. The molecular formula is C14H19N3S. The first-order valence-corrected chi connectivity index (χ1v) is 7.52. The molecule has 4 heteroatoms. The molecule has 3 heterocycles. The number of thiophene rings is 1. The zero-order chi connectivity index (χ0) is 12.4. The van der Waals surface area contributed by atoms with Gasteiger partial charge in [0.05, 0.1) is 0 Å². The SMILES string of the molecule is CC(CN1CCCC1)Nc1nccc2sccc12. The number of rotatable bonds is 4. The molecule has 0 aliphatic carbocycles. The van der Waals surface area contributed by atoms with Gasteiger partial charge in [-0.25, -0.2) is 4.98 Å². The van der Waals surface area contributed by atoms with Crippen molar-refractivity contribution in [3.63, 3.8) is 0 Å². The fourth-order valence-corrected chi connectivity index (χ4v) is 3.42. The molecule has 0 spiro atoms. The molecular weight excluding hydrogens is 242 g/mol. The van der Waals surface area contributed by atoms with E-state index >= 15 is 0 Å². The molecule has 2 aromatic heterocycles. The van der Waals surface area contributed by atoms with Crippen LogP contribution in [-0.4, -0.2) is 35.6 Å². The second-order valence-corrected chi connectivity index (χ2v) is 5.99. The third-order valence-electron chi connectivity index (χ3n) is 3.49. The van der Waals surface area contributed by atoms with Crippen LogP contribution in [0.5, 0.6) is 0 Å². The summed E-state index contributed by atoms with van der Waals surface area (Å²) in [5.41, 5.74) is 0. The molecule has 96 valence electrons. The van der Waals surface area contributed by atoms with E-state index in [0.717, 1.165) is 12.4 Å². The lowest BCUT2D eigenvalue weighted by atomic mass is 10.2. The van der Waals surface area contributed by atoms with Gasteiger partial charge in [0.2, 0.25) is 0 Å². The summed E-state index contributed by atoms with van der Waals surface area (Å²) in [6.07, 6.45) is 4.60. The van der Waals surface area contributed by atoms with Crippen molar-refractivity contribution in [3.05, 3.63) is 23.7 Å². The highest BCUT2D eigenvalue weighted by Crippen LogP contribution is 2.26. The quantitative estimate of drug-likeness (QED) is 0.916. The smallest absolute Gasteiger partial charge is 0.134 e. The van der Waals surface area contributed by atoms with Crippen LogP contribution in [-0.2, 0) is 0 Å². The minimum atomic E-state index is 0.445. The second kappa shape index (κ2) is 5.24. The van der Waals surface area contributed by atoms with E-state index in [-0.39, 0.29) is 0 Å². The van der Waals surface area contributed by atoms with E-state index in [0.29, 0.717) is 6.04 Å². The van der Waals surface area contributed by atoms with Crippen LogP contribution in [0.1, 0.15) is 19.8 Å². The number of hydrogen-bond acceptors (Lipinski definition) is 4. The maximum absolute atomic E-state index is 4.47. The van der Waals surface area contributed by atoms with Crippen molar-refractivity contribution in [2.75, 3.05) is 25.0 Å². The standard InChI is InChI=1S/C14H19N3S/c1-11(10-17-7-2-3-8-17)16-14-12-5-9-18-13(12)4-6-15-14/h4-6,9,11H,2-3,7-8,10H2,1H3,(H,15,16). The van der Waals surface area contributed by atoms with Crippen LogP contribution >= 0.6 is 11.3 Å². The van der Waals surface area contributed by atoms with E-state index in [1.807, 2.05) is 6.20 Å². The first-order chi connectivity index (χ1) is 8.83. The maximum Gasteiger partial charge on any atom is 0.134 e. The molecule has 2 aromatic rings. The van der Waals surface area contributed by atoms with Gasteiger partial charge in [0, 0.05) is 28.9 Å². The van der Waals surface area contributed by atoms with Crippen LogP contribution in [0.15, 0.2) is 23.7 Å². The predicted molar refractivity (Wildman–Crippen MR) is 78.4 cm³/mol. The third-order valence-corrected chi connectivity index (χ3v) is 4.38. The van der Waals surface area contributed by atoms with Gasteiger partial charge in [0.15, 0.2) is 0 Å². The lowest BCUT2D eigenvalue weighted by Crippen LogP contribution is -2.33. The Morgan fingerprint density at radius 3 is 3.06 bits per heavy atom. The first-order valence-electron chi connectivity index (χ1n) is 6.64. The summed E-state index contributed by atoms with van der Waals surface area (Å²) < 4.78 is 1.31. The number of fused-ring (bicyclic) bond motifs is 1. The number of aromatic nitrogens is 1. The van der Waals surface area contributed by atoms with Crippen LogP contribution < -0.4 is 5.32 Å². The Morgan fingerprint density at radius 1 is 1.39 bits per heavy atom. The van der Waals surface area contributed by atoms with Crippen molar-refractivity contribution >= 4 is 27.2 Å². The zero-order valence-electron chi connectivity index (χ0n) is 10.7. The predicted octanol–water partition coefficient (Wildman–Crippen LogP) is 3.19. The van der Waals surface area contributed by atoms with Crippen molar-refractivity contribution in [1.29, 1.82) is 0 Å². The molecule has 1 unspecified atom stereocenters. The number of likely N-dealkylation sites (tertiary alicyclic amines) is 1. The summed E-state index contributed by atoms with van der Waals surface area (Å²) in [6, 6.07) is 4.68. The monoisotopic (exact) mass is 261 g/mol. The highest BCUT2D eigenvalue weighted by molar-refractivity contribution is 7.17. The Hall–Kier alpha value is -1.13. The number of hydrogen-bond donors (Lipinski definition) is 1. The highest BCUT2D eigenvalue weighted by atomic mass is 32.1. The molecule has 0 amide bonds. The molecule has 1 N–H and O–H groups in total. The van der Waals surface area contributed by atoms with E-state index in [1.165, 1.54) is 36.0 Å². The molecule has 1 saturated heterocycles. The molecule has 0 radical (unpaired) electrons. The minimum Gasteiger partial charge on any atom is -0.366 e. The Balaban J connectivity index is 1.69. The van der Waals surface area contributed by atoms with Crippen LogP contribution in [0.4, 0.5) is 5.82 Å². The molecule has 1 atom stereocenters. The van der Waals surface area contributed by atoms with Gasteiger partial charge < -0.3 is 10.2 Å². The first kappa shape index (κ1) is 11.9. The molecule has 1 fully saturated rings. The van der Waals surface area contributed by atoms with Gasteiger partial charge in [-0.3, -0.25) is 0 Å². The summed E-state index contributed by atoms with van der Waals surface area (Å²) in [7, 11) is 0.